The molecule has 0 saturated carbocycles. The van der Waals surface area contributed by atoms with Gasteiger partial charge < -0.3 is 10.2 Å². The van der Waals surface area contributed by atoms with E-state index in [-0.39, 0.29) is 17.9 Å². The number of amides is 1. The number of rotatable bonds is 5. The molecular formula is C21H28N6OS. The maximum Gasteiger partial charge on any atom is 0.228 e. The molecular weight excluding hydrogens is 384 g/mol. The Morgan fingerprint density at radius 1 is 1.31 bits per heavy atom. The van der Waals surface area contributed by atoms with Crippen LogP contribution in [0.4, 0.5) is 11.6 Å². The molecule has 1 fully saturated rings. The van der Waals surface area contributed by atoms with Crippen molar-refractivity contribution in [3.8, 4) is 0 Å². The lowest BCUT2D eigenvalue weighted by Gasteiger charge is -2.32. The molecule has 4 rings (SSSR count). The lowest BCUT2D eigenvalue weighted by atomic mass is 9.95. The van der Waals surface area contributed by atoms with Gasteiger partial charge in [0.2, 0.25) is 5.91 Å². The van der Waals surface area contributed by atoms with Crippen LogP contribution in [0, 0.1) is 19.8 Å². The minimum atomic E-state index is 0.00849. The van der Waals surface area contributed by atoms with Gasteiger partial charge in [-0.05, 0) is 45.6 Å². The normalized spacial score (nSPS) is 16.3. The SMILES string of the molecule is CCC(C)n1nccc1NC(=O)C1CCN(c2ncnc3sc(C)c(C)c23)CC1. The molecule has 0 radical (unpaired) electrons. The standard InChI is InChI=1S/C21H28N6OS/c1-5-13(2)27-17(6-9-24-27)25-20(28)16-7-10-26(11-8-16)19-18-14(3)15(4)29-21(18)23-12-22-19/h6,9,12-13,16H,5,7-8,10-11H2,1-4H3,(H,25,28). The van der Waals surface area contributed by atoms with Crippen LogP contribution in [-0.2, 0) is 4.79 Å². The summed E-state index contributed by atoms with van der Waals surface area (Å²) < 4.78 is 1.90. The topological polar surface area (TPSA) is 75.9 Å². The number of carbonyl (C=O) groups excluding carboxylic acids is 1. The number of nitrogens with zero attached hydrogens (tertiary/aromatic N) is 5. The van der Waals surface area contributed by atoms with Gasteiger partial charge >= 0.3 is 0 Å². The molecule has 154 valence electrons. The summed E-state index contributed by atoms with van der Waals surface area (Å²) in [5, 5.41) is 8.61. The summed E-state index contributed by atoms with van der Waals surface area (Å²) in [6.07, 6.45) is 6.00. The van der Waals surface area contributed by atoms with E-state index >= 15 is 0 Å². The summed E-state index contributed by atoms with van der Waals surface area (Å²) in [6, 6.07) is 2.14. The predicted octanol–water partition coefficient (Wildman–Crippen LogP) is 4.33. The van der Waals surface area contributed by atoms with Crippen LogP contribution in [0.25, 0.3) is 10.2 Å². The first kappa shape index (κ1) is 19.8. The molecule has 0 bridgehead atoms. The molecule has 29 heavy (non-hydrogen) atoms. The third-order valence-electron chi connectivity index (χ3n) is 6.04. The molecule has 1 saturated heterocycles. The zero-order valence-electron chi connectivity index (χ0n) is 17.5. The van der Waals surface area contributed by atoms with Gasteiger partial charge in [0.05, 0.1) is 17.6 Å². The third kappa shape index (κ3) is 3.73. The average molecular weight is 413 g/mol. The number of anilines is 2. The number of hydrogen-bond acceptors (Lipinski definition) is 6. The van der Waals surface area contributed by atoms with E-state index in [2.05, 4.69) is 53.0 Å². The van der Waals surface area contributed by atoms with Crippen molar-refractivity contribution in [3.63, 3.8) is 0 Å². The molecule has 0 aliphatic carbocycles. The summed E-state index contributed by atoms with van der Waals surface area (Å²) in [6.45, 7) is 10.1. The van der Waals surface area contributed by atoms with Crippen LogP contribution >= 0.6 is 11.3 Å². The van der Waals surface area contributed by atoms with E-state index in [4.69, 9.17) is 0 Å². The van der Waals surface area contributed by atoms with Crippen molar-refractivity contribution >= 4 is 39.1 Å². The van der Waals surface area contributed by atoms with Crippen molar-refractivity contribution in [3.05, 3.63) is 29.0 Å². The highest BCUT2D eigenvalue weighted by molar-refractivity contribution is 7.18. The summed E-state index contributed by atoms with van der Waals surface area (Å²) in [7, 11) is 0. The molecule has 3 aromatic heterocycles. The predicted molar refractivity (Wildman–Crippen MR) is 118 cm³/mol. The van der Waals surface area contributed by atoms with Gasteiger partial charge in [-0.15, -0.1) is 11.3 Å². The van der Waals surface area contributed by atoms with Crippen molar-refractivity contribution in [2.75, 3.05) is 23.3 Å². The number of thiophene rings is 1. The van der Waals surface area contributed by atoms with E-state index < -0.39 is 0 Å². The number of carbonyl (C=O) groups is 1. The number of hydrogen-bond donors (Lipinski definition) is 1. The molecule has 0 aromatic carbocycles. The van der Waals surface area contributed by atoms with Crippen molar-refractivity contribution in [1.29, 1.82) is 0 Å². The van der Waals surface area contributed by atoms with Crippen molar-refractivity contribution in [1.82, 2.24) is 19.7 Å². The fraction of sp³-hybridized carbons (Fsp3) is 0.524. The molecule has 3 aromatic rings. The highest BCUT2D eigenvalue weighted by atomic mass is 32.1. The van der Waals surface area contributed by atoms with E-state index in [0.29, 0.717) is 0 Å². The second-order valence-electron chi connectivity index (χ2n) is 7.83. The summed E-state index contributed by atoms with van der Waals surface area (Å²) in [5.41, 5.74) is 1.26. The Morgan fingerprint density at radius 2 is 2.07 bits per heavy atom. The lowest BCUT2D eigenvalue weighted by molar-refractivity contribution is -0.120. The van der Waals surface area contributed by atoms with Crippen LogP contribution in [0.3, 0.4) is 0 Å². The Bertz CT molecular complexity index is 1020. The van der Waals surface area contributed by atoms with E-state index in [1.165, 1.54) is 10.4 Å². The molecule has 1 aliphatic heterocycles. The van der Waals surface area contributed by atoms with Crippen LogP contribution < -0.4 is 10.2 Å². The minimum Gasteiger partial charge on any atom is -0.356 e. The molecule has 8 heteroatoms. The highest BCUT2D eigenvalue weighted by Crippen LogP contribution is 2.35. The molecule has 1 atom stereocenters. The fourth-order valence-electron chi connectivity index (χ4n) is 3.92. The van der Waals surface area contributed by atoms with Gasteiger partial charge in [0, 0.05) is 30.0 Å². The van der Waals surface area contributed by atoms with E-state index in [0.717, 1.165) is 54.2 Å². The Morgan fingerprint density at radius 3 is 2.79 bits per heavy atom. The van der Waals surface area contributed by atoms with Gasteiger partial charge in [-0.2, -0.15) is 5.10 Å². The maximum absolute atomic E-state index is 12.8. The third-order valence-corrected chi connectivity index (χ3v) is 7.16. The molecule has 4 heterocycles. The second kappa shape index (κ2) is 8.10. The number of fused-ring (bicyclic) bond motifs is 1. The summed E-state index contributed by atoms with van der Waals surface area (Å²) >= 11 is 1.72. The van der Waals surface area contributed by atoms with Gasteiger partial charge in [0.15, 0.2) is 0 Å². The molecule has 1 aliphatic rings. The summed E-state index contributed by atoms with van der Waals surface area (Å²) in [4.78, 5) is 26.5. The lowest BCUT2D eigenvalue weighted by Crippen LogP contribution is -2.39. The maximum atomic E-state index is 12.8. The number of aromatic nitrogens is 4. The van der Waals surface area contributed by atoms with Crippen LogP contribution in [0.5, 0.6) is 0 Å². The minimum absolute atomic E-state index is 0.00849. The van der Waals surface area contributed by atoms with E-state index in [1.54, 1.807) is 23.9 Å². The average Bonchev–Trinajstić information content (AvgIpc) is 3.31. The van der Waals surface area contributed by atoms with Gasteiger partial charge in [0.25, 0.3) is 0 Å². The first-order chi connectivity index (χ1) is 14.0. The quantitative estimate of drug-likeness (QED) is 0.675. The Balaban J connectivity index is 1.44. The fourth-order valence-corrected chi connectivity index (χ4v) is 4.91. The zero-order chi connectivity index (χ0) is 20.5. The largest absolute Gasteiger partial charge is 0.356 e. The van der Waals surface area contributed by atoms with Crippen molar-refractivity contribution < 1.29 is 4.79 Å². The number of aryl methyl sites for hydroxylation is 2. The van der Waals surface area contributed by atoms with Gasteiger partial charge in [-0.3, -0.25) is 4.79 Å². The van der Waals surface area contributed by atoms with Gasteiger partial charge in [-0.25, -0.2) is 14.6 Å². The Hall–Kier alpha value is -2.48. The highest BCUT2D eigenvalue weighted by Gasteiger charge is 2.28. The van der Waals surface area contributed by atoms with E-state index in [9.17, 15) is 4.79 Å². The van der Waals surface area contributed by atoms with Crippen LogP contribution in [0.15, 0.2) is 18.6 Å². The van der Waals surface area contributed by atoms with Crippen molar-refractivity contribution in [2.24, 2.45) is 5.92 Å². The monoisotopic (exact) mass is 412 g/mol. The first-order valence-corrected chi connectivity index (χ1v) is 11.1. The molecule has 1 unspecified atom stereocenters. The van der Waals surface area contributed by atoms with Crippen LogP contribution in [0.1, 0.15) is 49.6 Å². The van der Waals surface area contributed by atoms with Crippen molar-refractivity contribution in [2.45, 2.75) is 53.0 Å². The molecule has 1 amide bonds. The van der Waals surface area contributed by atoms with E-state index in [1.807, 2.05) is 10.7 Å². The number of nitrogens with one attached hydrogen (secondary N) is 1. The smallest absolute Gasteiger partial charge is 0.228 e. The van der Waals surface area contributed by atoms with Crippen LogP contribution in [-0.4, -0.2) is 38.7 Å². The Kier molecular flexibility index (Phi) is 5.54. The van der Waals surface area contributed by atoms with Gasteiger partial charge in [0.1, 0.15) is 22.8 Å². The molecule has 7 nitrogen and oxygen atoms in total. The zero-order valence-corrected chi connectivity index (χ0v) is 18.3. The van der Waals surface area contributed by atoms with Crippen LogP contribution in [0.2, 0.25) is 0 Å². The molecule has 1 N–H and O–H groups in total. The molecule has 0 spiro atoms. The first-order valence-electron chi connectivity index (χ1n) is 10.3. The summed E-state index contributed by atoms with van der Waals surface area (Å²) in [5.74, 6) is 1.89. The second-order valence-corrected chi connectivity index (χ2v) is 9.03. The van der Waals surface area contributed by atoms with Gasteiger partial charge in [-0.1, -0.05) is 6.92 Å². The number of piperidine rings is 1. The Labute approximate surface area is 175 Å².